The minimum atomic E-state index is 0.500. The number of ether oxygens (including phenoxy) is 1. The van der Waals surface area contributed by atoms with Gasteiger partial charge in [-0.1, -0.05) is 13.8 Å². The van der Waals surface area contributed by atoms with E-state index in [2.05, 4.69) is 24.1 Å². The SMILES string of the molecule is CCNC1CCC(C)CC1N1CCC(OC)CC1. The Morgan fingerprint density at radius 3 is 2.50 bits per heavy atom. The molecule has 106 valence electrons. The molecule has 1 N–H and O–H groups in total. The van der Waals surface area contributed by atoms with E-state index in [0.717, 1.165) is 18.5 Å². The van der Waals surface area contributed by atoms with E-state index in [1.165, 1.54) is 45.2 Å². The van der Waals surface area contributed by atoms with Crippen molar-refractivity contribution in [3.05, 3.63) is 0 Å². The molecule has 18 heavy (non-hydrogen) atoms. The van der Waals surface area contributed by atoms with Gasteiger partial charge < -0.3 is 10.1 Å². The van der Waals surface area contributed by atoms with Gasteiger partial charge in [0, 0.05) is 32.3 Å². The highest BCUT2D eigenvalue weighted by molar-refractivity contribution is 4.91. The highest BCUT2D eigenvalue weighted by Crippen LogP contribution is 2.29. The fraction of sp³-hybridized carbons (Fsp3) is 1.00. The molecule has 2 aliphatic rings. The number of likely N-dealkylation sites (tertiary alicyclic amines) is 1. The third-order valence-electron chi connectivity index (χ3n) is 4.82. The molecule has 1 aliphatic heterocycles. The molecule has 0 aromatic carbocycles. The van der Waals surface area contributed by atoms with E-state index in [0.29, 0.717) is 12.1 Å². The molecule has 3 nitrogen and oxygen atoms in total. The lowest BCUT2D eigenvalue weighted by atomic mass is 9.81. The zero-order valence-electron chi connectivity index (χ0n) is 12.3. The summed E-state index contributed by atoms with van der Waals surface area (Å²) in [6.07, 6.45) is 7.03. The lowest BCUT2D eigenvalue weighted by Crippen LogP contribution is -2.55. The second-order valence-electron chi connectivity index (χ2n) is 6.12. The number of piperidine rings is 1. The molecule has 0 radical (unpaired) electrons. The molecule has 1 saturated carbocycles. The van der Waals surface area contributed by atoms with Crippen LogP contribution in [-0.2, 0) is 4.74 Å². The second-order valence-corrected chi connectivity index (χ2v) is 6.12. The maximum Gasteiger partial charge on any atom is 0.0595 e. The molecule has 2 fully saturated rings. The maximum atomic E-state index is 5.48. The molecule has 0 amide bonds. The van der Waals surface area contributed by atoms with Crippen LogP contribution < -0.4 is 5.32 Å². The Labute approximate surface area is 112 Å². The van der Waals surface area contributed by atoms with E-state index in [1.54, 1.807) is 0 Å². The predicted molar refractivity (Wildman–Crippen MR) is 75.9 cm³/mol. The second kappa shape index (κ2) is 6.88. The highest BCUT2D eigenvalue weighted by atomic mass is 16.5. The van der Waals surface area contributed by atoms with E-state index >= 15 is 0 Å². The van der Waals surface area contributed by atoms with Gasteiger partial charge in [-0.25, -0.2) is 0 Å². The average molecular weight is 254 g/mol. The van der Waals surface area contributed by atoms with Crippen LogP contribution in [0.2, 0.25) is 0 Å². The molecular formula is C15H30N2O. The summed E-state index contributed by atoms with van der Waals surface area (Å²) in [6.45, 7) is 8.18. The average Bonchev–Trinajstić information content (AvgIpc) is 2.41. The van der Waals surface area contributed by atoms with Gasteiger partial charge >= 0.3 is 0 Å². The molecule has 1 saturated heterocycles. The topological polar surface area (TPSA) is 24.5 Å². The molecular weight excluding hydrogens is 224 g/mol. The number of nitrogens with zero attached hydrogens (tertiary/aromatic N) is 1. The molecule has 3 unspecified atom stereocenters. The normalized spacial score (nSPS) is 35.8. The Kier molecular flexibility index (Phi) is 5.46. The van der Waals surface area contributed by atoms with Crippen molar-refractivity contribution < 1.29 is 4.74 Å². The summed E-state index contributed by atoms with van der Waals surface area (Å²) in [5, 5.41) is 3.70. The van der Waals surface area contributed by atoms with Crippen molar-refractivity contribution in [1.29, 1.82) is 0 Å². The monoisotopic (exact) mass is 254 g/mol. The zero-order valence-corrected chi connectivity index (χ0v) is 12.3. The Morgan fingerprint density at radius 1 is 1.17 bits per heavy atom. The van der Waals surface area contributed by atoms with Gasteiger partial charge in [-0.05, 0) is 44.6 Å². The van der Waals surface area contributed by atoms with Crippen LogP contribution >= 0.6 is 0 Å². The van der Waals surface area contributed by atoms with E-state index in [-0.39, 0.29) is 0 Å². The van der Waals surface area contributed by atoms with Crippen molar-refractivity contribution in [2.45, 2.75) is 64.1 Å². The minimum absolute atomic E-state index is 0.500. The van der Waals surface area contributed by atoms with E-state index in [1.807, 2.05) is 7.11 Å². The summed E-state index contributed by atoms with van der Waals surface area (Å²) in [7, 11) is 1.85. The van der Waals surface area contributed by atoms with Crippen LogP contribution in [0.3, 0.4) is 0 Å². The van der Waals surface area contributed by atoms with Crippen LogP contribution in [-0.4, -0.2) is 49.8 Å². The number of nitrogens with one attached hydrogen (secondary N) is 1. The van der Waals surface area contributed by atoms with Crippen molar-refractivity contribution in [2.75, 3.05) is 26.7 Å². The van der Waals surface area contributed by atoms with Crippen molar-refractivity contribution >= 4 is 0 Å². The van der Waals surface area contributed by atoms with Gasteiger partial charge in [-0.15, -0.1) is 0 Å². The van der Waals surface area contributed by atoms with Gasteiger partial charge in [0.05, 0.1) is 6.10 Å². The summed E-state index contributed by atoms with van der Waals surface area (Å²) in [4.78, 5) is 2.72. The fourth-order valence-corrected chi connectivity index (χ4v) is 3.70. The maximum absolute atomic E-state index is 5.48. The molecule has 0 aromatic rings. The lowest BCUT2D eigenvalue weighted by molar-refractivity contribution is 0.00896. The molecule has 1 aliphatic carbocycles. The van der Waals surface area contributed by atoms with Gasteiger partial charge in [0.2, 0.25) is 0 Å². The third kappa shape index (κ3) is 3.46. The van der Waals surface area contributed by atoms with Gasteiger partial charge in [-0.2, -0.15) is 0 Å². The number of methoxy groups -OCH3 is 1. The molecule has 1 heterocycles. The van der Waals surface area contributed by atoms with Crippen LogP contribution in [0.4, 0.5) is 0 Å². The predicted octanol–water partition coefficient (Wildman–Crippen LogP) is 2.26. The summed E-state index contributed by atoms with van der Waals surface area (Å²) >= 11 is 0. The minimum Gasteiger partial charge on any atom is -0.381 e. The Hall–Kier alpha value is -0.120. The fourth-order valence-electron chi connectivity index (χ4n) is 3.70. The van der Waals surface area contributed by atoms with Crippen molar-refractivity contribution in [1.82, 2.24) is 10.2 Å². The van der Waals surface area contributed by atoms with Gasteiger partial charge in [-0.3, -0.25) is 4.90 Å². The first-order chi connectivity index (χ1) is 8.74. The van der Waals surface area contributed by atoms with E-state index in [4.69, 9.17) is 4.74 Å². The summed E-state index contributed by atoms with van der Waals surface area (Å²) in [6, 6.07) is 1.47. The highest BCUT2D eigenvalue weighted by Gasteiger charge is 2.34. The first-order valence-electron chi connectivity index (χ1n) is 7.74. The first-order valence-corrected chi connectivity index (χ1v) is 7.74. The lowest BCUT2D eigenvalue weighted by Gasteiger charge is -2.45. The smallest absolute Gasteiger partial charge is 0.0595 e. The molecule has 0 spiro atoms. The van der Waals surface area contributed by atoms with Crippen LogP contribution in [0, 0.1) is 5.92 Å². The number of rotatable bonds is 4. The van der Waals surface area contributed by atoms with Crippen LogP contribution in [0.5, 0.6) is 0 Å². The molecule has 3 heteroatoms. The van der Waals surface area contributed by atoms with Crippen molar-refractivity contribution in [3.8, 4) is 0 Å². The standard InChI is InChI=1S/C15H30N2O/c1-4-16-14-6-5-12(2)11-15(14)17-9-7-13(18-3)8-10-17/h12-16H,4-11H2,1-3H3. The summed E-state index contributed by atoms with van der Waals surface area (Å²) in [5.41, 5.74) is 0. The van der Waals surface area contributed by atoms with Crippen molar-refractivity contribution in [2.24, 2.45) is 5.92 Å². The van der Waals surface area contributed by atoms with Crippen LogP contribution in [0.1, 0.15) is 46.0 Å². The summed E-state index contributed by atoms with van der Waals surface area (Å²) in [5.74, 6) is 0.894. The van der Waals surface area contributed by atoms with Gasteiger partial charge in [0.1, 0.15) is 0 Å². The van der Waals surface area contributed by atoms with Crippen molar-refractivity contribution in [3.63, 3.8) is 0 Å². The number of hydrogen-bond donors (Lipinski definition) is 1. The molecule has 0 aromatic heterocycles. The first kappa shape index (κ1) is 14.3. The van der Waals surface area contributed by atoms with Crippen LogP contribution in [0.15, 0.2) is 0 Å². The number of hydrogen-bond acceptors (Lipinski definition) is 3. The van der Waals surface area contributed by atoms with Gasteiger partial charge in [0.25, 0.3) is 0 Å². The quantitative estimate of drug-likeness (QED) is 0.833. The van der Waals surface area contributed by atoms with Gasteiger partial charge in [0.15, 0.2) is 0 Å². The summed E-state index contributed by atoms with van der Waals surface area (Å²) < 4.78 is 5.48. The largest absolute Gasteiger partial charge is 0.381 e. The Bertz CT molecular complexity index is 239. The Morgan fingerprint density at radius 2 is 1.89 bits per heavy atom. The Balaban J connectivity index is 1.91. The molecule has 2 rings (SSSR count). The van der Waals surface area contributed by atoms with Crippen LogP contribution in [0.25, 0.3) is 0 Å². The zero-order chi connectivity index (χ0) is 13.0. The number of likely N-dealkylation sites (N-methyl/N-ethyl adjacent to an activating group) is 1. The molecule has 0 bridgehead atoms. The third-order valence-corrected chi connectivity index (χ3v) is 4.82. The van der Waals surface area contributed by atoms with E-state index < -0.39 is 0 Å². The van der Waals surface area contributed by atoms with E-state index in [9.17, 15) is 0 Å². The molecule has 3 atom stereocenters.